The summed E-state index contributed by atoms with van der Waals surface area (Å²) in [7, 11) is -0.718. The topological polar surface area (TPSA) is 87.7 Å². The third-order valence-corrected chi connectivity index (χ3v) is 3.71. The molecule has 0 radical (unpaired) electrons. The van der Waals surface area contributed by atoms with Gasteiger partial charge in [-0.15, -0.1) is 0 Å². The first-order valence-electron chi connectivity index (χ1n) is 6.12. The van der Waals surface area contributed by atoms with Gasteiger partial charge in [-0.05, 0) is 37.1 Å². The van der Waals surface area contributed by atoms with Crippen molar-refractivity contribution in [2.75, 3.05) is 18.6 Å². The second-order valence-corrected chi connectivity index (χ2v) is 5.99. The van der Waals surface area contributed by atoms with Crippen molar-refractivity contribution in [3.05, 3.63) is 34.9 Å². The van der Waals surface area contributed by atoms with Crippen LogP contribution in [0.1, 0.15) is 23.1 Å². The zero-order valence-electron chi connectivity index (χ0n) is 11.3. The maximum absolute atomic E-state index is 10.9. The number of aryl methyl sites for hydroxylation is 1. The van der Waals surface area contributed by atoms with Crippen LogP contribution in [0.3, 0.4) is 0 Å². The van der Waals surface area contributed by atoms with Gasteiger partial charge >= 0.3 is 0 Å². The summed E-state index contributed by atoms with van der Waals surface area (Å²) in [5, 5.41) is 14.9. The normalized spacial score (nSPS) is 13.5. The summed E-state index contributed by atoms with van der Waals surface area (Å²) in [6.45, 7) is 3.60. The highest BCUT2D eigenvalue weighted by Gasteiger charge is 2.03. The van der Waals surface area contributed by atoms with Crippen LogP contribution in [0.5, 0.6) is 0 Å². The van der Waals surface area contributed by atoms with E-state index in [2.05, 4.69) is 10.5 Å². The van der Waals surface area contributed by atoms with E-state index in [0.29, 0.717) is 5.56 Å². The van der Waals surface area contributed by atoms with Gasteiger partial charge in [0.25, 0.3) is 0 Å². The molecule has 1 aromatic carbocycles. The van der Waals surface area contributed by atoms with E-state index in [1.54, 1.807) is 6.26 Å². The molecule has 0 aromatic heterocycles. The van der Waals surface area contributed by atoms with E-state index in [1.807, 2.05) is 25.1 Å². The largest absolute Gasteiger partial charge is 0.409 e. The number of benzene rings is 1. The van der Waals surface area contributed by atoms with Gasteiger partial charge in [0.15, 0.2) is 5.84 Å². The minimum Gasteiger partial charge on any atom is -0.409 e. The monoisotopic (exact) mass is 283 g/mol. The molecule has 1 unspecified atom stereocenters. The van der Waals surface area contributed by atoms with Gasteiger partial charge in [0.05, 0.1) is 0 Å². The Morgan fingerprint density at radius 3 is 2.84 bits per heavy atom. The summed E-state index contributed by atoms with van der Waals surface area (Å²) in [5.41, 5.74) is 8.52. The Kier molecular flexibility index (Phi) is 6.52. The first kappa shape index (κ1) is 15.7. The molecule has 5 nitrogen and oxygen atoms in total. The summed E-state index contributed by atoms with van der Waals surface area (Å²) in [6, 6.07) is 5.70. The van der Waals surface area contributed by atoms with Gasteiger partial charge in [0, 0.05) is 34.9 Å². The number of nitrogens with two attached hydrogens (primary N) is 1. The number of hydrogen-bond donors (Lipinski definition) is 3. The van der Waals surface area contributed by atoms with Gasteiger partial charge in [0.1, 0.15) is 0 Å². The fourth-order valence-corrected chi connectivity index (χ4v) is 2.29. The van der Waals surface area contributed by atoms with E-state index in [0.717, 1.165) is 30.8 Å². The van der Waals surface area contributed by atoms with Crippen molar-refractivity contribution in [2.24, 2.45) is 10.9 Å². The highest BCUT2D eigenvalue weighted by molar-refractivity contribution is 7.84. The number of rotatable bonds is 7. The van der Waals surface area contributed by atoms with Crippen LogP contribution in [0, 0.1) is 6.92 Å². The molecule has 19 heavy (non-hydrogen) atoms. The summed E-state index contributed by atoms with van der Waals surface area (Å²) in [5.74, 6) is 0.849. The molecule has 0 bridgehead atoms. The summed E-state index contributed by atoms with van der Waals surface area (Å²) >= 11 is 0. The highest BCUT2D eigenvalue weighted by atomic mass is 32.2. The van der Waals surface area contributed by atoms with Crippen LogP contribution < -0.4 is 11.1 Å². The second-order valence-electron chi connectivity index (χ2n) is 4.43. The summed E-state index contributed by atoms with van der Waals surface area (Å²) in [4.78, 5) is 0. The van der Waals surface area contributed by atoms with Crippen molar-refractivity contribution in [3.63, 3.8) is 0 Å². The number of amidine groups is 1. The maximum Gasteiger partial charge on any atom is 0.170 e. The van der Waals surface area contributed by atoms with Crippen LogP contribution in [0.15, 0.2) is 23.4 Å². The predicted molar refractivity (Wildman–Crippen MR) is 78.9 cm³/mol. The first-order valence-corrected chi connectivity index (χ1v) is 7.85. The SMILES string of the molecule is Cc1cc(/C(N)=N/O)ccc1CNCCCS(C)=O. The van der Waals surface area contributed by atoms with Crippen molar-refractivity contribution in [3.8, 4) is 0 Å². The maximum atomic E-state index is 10.9. The Morgan fingerprint density at radius 1 is 1.53 bits per heavy atom. The molecule has 1 atom stereocenters. The van der Waals surface area contributed by atoms with Gasteiger partial charge < -0.3 is 16.3 Å². The molecule has 0 saturated carbocycles. The number of oxime groups is 1. The van der Waals surface area contributed by atoms with Crippen molar-refractivity contribution in [2.45, 2.75) is 19.9 Å². The Bertz CT molecular complexity index is 475. The molecule has 0 spiro atoms. The molecule has 4 N–H and O–H groups in total. The smallest absolute Gasteiger partial charge is 0.170 e. The van der Waals surface area contributed by atoms with Crippen LogP contribution in [-0.4, -0.2) is 33.8 Å². The lowest BCUT2D eigenvalue weighted by molar-refractivity contribution is 0.318. The first-order chi connectivity index (χ1) is 9.04. The number of hydrogen-bond acceptors (Lipinski definition) is 4. The van der Waals surface area contributed by atoms with Crippen LogP contribution in [0.4, 0.5) is 0 Å². The Morgan fingerprint density at radius 2 is 2.26 bits per heavy atom. The van der Waals surface area contributed by atoms with E-state index in [4.69, 9.17) is 10.9 Å². The van der Waals surface area contributed by atoms with E-state index >= 15 is 0 Å². The quantitative estimate of drug-likeness (QED) is 0.228. The molecule has 0 aliphatic carbocycles. The number of nitrogens with zero attached hydrogens (tertiary/aromatic N) is 1. The molecule has 0 fully saturated rings. The number of nitrogens with one attached hydrogen (secondary N) is 1. The summed E-state index contributed by atoms with van der Waals surface area (Å²) in [6.07, 6.45) is 2.63. The molecule has 0 aliphatic heterocycles. The fraction of sp³-hybridized carbons (Fsp3) is 0.462. The van der Waals surface area contributed by atoms with Crippen LogP contribution >= 0.6 is 0 Å². The van der Waals surface area contributed by atoms with E-state index in [9.17, 15) is 4.21 Å². The third-order valence-electron chi connectivity index (χ3n) is 2.85. The highest BCUT2D eigenvalue weighted by Crippen LogP contribution is 2.11. The van der Waals surface area contributed by atoms with Crippen molar-refractivity contribution < 1.29 is 9.42 Å². The van der Waals surface area contributed by atoms with Crippen LogP contribution in [0.25, 0.3) is 0 Å². The van der Waals surface area contributed by atoms with Gasteiger partial charge in [-0.2, -0.15) is 0 Å². The average Bonchev–Trinajstić information content (AvgIpc) is 2.38. The Balaban J connectivity index is 2.49. The minimum atomic E-state index is -0.718. The Hall–Kier alpha value is -1.40. The fourth-order valence-electron chi connectivity index (χ4n) is 1.73. The lowest BCUT2D eigenvalue weighted by Crippen LogP contribution is -2.18. The predicted octanol–water partition coefficient (Wildman–Crippen LogP) is 0.948. The standard InChI is InChI=1S/C13H21N3O2S/c1-10-8-11(13(14)16-17)4-5-12(10)9-15-6-3-7-19(2)18/h4-5,8,15,17H,3,6-7,9H2,1-2H3,(H2,14,16). The molecular formula is C13H21N3O2S. The van der Waals surface area contributed by atoms with Crippen molar-refractivity contribution in [1.82, 2.24) is 5.32 Å². The van der Waals surface area contributed by atoms with E-state index < -0.39 is 10.8 Å². The molecule has 6 heteroatoms. The Labute approximate surface area is 116 Å². The zero-order chi connectivity index (χ0) is 14.3. The molecule has 0 heterocycles. The third kappa shape index (κ3) is 5.40. The molecule has 1 rings (SSSR count). The van der Waals surface area contributed by atoms with Crippen LogP contribution in [-0.2, 0) is 17.3 Å². The second kappa shape index (κ2) is 7.91. The van der Waals surface area contributed by atoms with Gasteiger partial charge in [0.2, 0.25) is 0 Å². The van der Waals surface area contributed by atoms with Gasteiger partial charge in [-0.3, -0.25) is 4.21 Å². The molecule has 0 amide bonds. The zero-order valence-corrected chi connectivity index (χ0v) is 12.2. The van der Waals surface area contributed by atoms with Crippen molar-refractivity contribution in [1.29, 1.82) is 0 Å². The molecular weight excluding hydrogens is 262 g/mol. The minimum absolute atomic E-state index is 0.119. The molecule has 0 saturated heterocycles. The average molecular weight is 283 g/mol. The van der Waals surface area contributed by atoms with Gasteiger partial charge in [-0.1, -0.05) is 17.3 Å². The molecule has 1 aromatic rings. The van der Waals surface area contributed by atoms with Crippen molar-refractivity contribution >= 4 is 16.6 Å². The van der Waals surface area contributed by atoms with E-state index in [-0.39, 0.29) is 5.84 Å². The van der Waals surface area contributed by atoms with Crippen LogP contribution in [0.2, 0.25) is 0 Å². The lowest BCUT2D eigenvalue weighted by Gasteiger charge is -2.09. The molecule has 106 valence electrons. The van der Waals surface area contributed by atoms with E-state index in [1.165, 1.54) is 5.56 Å². The summed E-state index contributed by atoms with van der Waals surface area (Å²) < 4.78 is 10.9. The lowest BCUT2D eigenvalue weighted by atomic mass is 10.0. The van der Waals surface area contributed by atoms with Gasteiger partial charge in [-0.25, -0.2) is 0 Å². The molecule has 0 aliphatic rings.